The fraction of sp³-hybridized carbons (Fsp3) is 0.222. The van der Waals surface area contributed by atoms with Gasteiger partial charge in [0.25, 0.3) is 5.91 Å². The molecule has 0 aromatic heterocycles. The maximum absolute atomic E-state index is 13.9. The molecular weight excluding hydrogens is 295 g/mol. The third-order valence-electron chi connectivity index (χ3n) is 3.44. The summed E-state index contributed by atoms with van der Waals surface area (Å²) in [6, 6.07) is 12.9. The number of carbonyl (C=O) groups is 2. The van der Waals surface area contributed by atoms with Gasteiger partial charge in [-0.15, -0.1) is 0 Å². The van der Waals surface area contributed by atoms with Crippen molar-refractivity contribution in [2.75, 3.05) is 5.32 Å². The van der Waals surface area contributed by atoms with Crippen LogP contribution in [0.5, 0.6) is 0 Å². The van der Waals surface area contributed by atoms with E-state index in [0.717, 1.165) is 0 Å². The monoisotopic (exact) mass is 314 g/mol. The summed E-state index contributed by atoms with van der Waals surface area (Å²) in [5.74, 6) is -0.852. The van der Waals surface area contributed by atoms with E-state index in [4.69, 9.17) is 0 Å². The van der Waals surface area contributed by atoms with Gasteiger partial charge in [-0.2, -0.15) is 0 Å². The zero-order valence-electron chi connectivity index (χ0n) is 13.3. The van der Waals surface area contributed by atoms with Crippen molar-refractivity contribution in [1.29, 1.82) is 0 Å². The Kier molecular flexibility index (Phi) is 4.79. The Labute approximate surface area is 134 Å². The molecule has 0 aliphatic carbocycles. The molecule has 0 radical (unpaired) electrons. The largest absolute Gasteiger partial charge is 0.343 e. The van der Waals surface area contributed by atoms with E-state index in [0.29, 0.717) is 16.8 Å². The highest BCUT2D eigenvalue weighted by atomic mass is 19.1. The molecule has 0 atom stereocenters. The van der Waals surface area contributed by atoms with Gasteiger partial charge >= 0.3 is 0 Å². The lowest BCUT2D eigenvalue weighted by Crippen LogP contribution is -2.41. The van der Waals surface area contributed by atoms with E-state index in [1.54, 1.807) is 56.3 Å². The highest BCUT2D eigenvalue weighted by molar-refractivity contribution is 5.96. The quantitative estimate of drug-likeness (QED) is 0.908. The van der Waals surface area contributed by atoms with Crippen molar-refractivity contribution in [1.82, 2.24) is 5.32 Å². The molecule has 2 rings (SSSR count). The maximum Gasteiger partial charge on any atom is 0.251 e. The maximum atomic E-state index is 13.9. The molecule has 0 fully saturated rings. The summed E-state index contributed by atoms with van der Waals surface area (Å²) in [5.41, 5.74) is 0.618. The number of amides is 2. The third-order valence-corrected chi connectivity index (χ3v) is 3.44. The lowest BCUT2D eigenvalue weighted by Gasteiger charge is -2.27. The Hall–Kier alpha value is -2.69. The first-order valence-corrected chi connectivity index (χ1v) is 7.25. The van der Waals surface area contributed by atoms with Gasteiger partial charge in [-0.3, -0.25) is 9.59 Å². The molecule has 2 aromatic rings. The van der Waals surface area contributed by atoms with Gasteiger partial charge < -0.3 is 10.6 Å². The van der Waals surface area contributed by atoms with Crippen LogP contribution in [0.15, 0.2) is 48.5 Å². The van der Waals surface area contributed by atoms with Crippen molar-refractivity contribution in [2.45, 2.75) is 26.3 Å². The van der Waals surface area contributed by atoms with E-state index in [1.807, 2.05) is 0 Å². The first-order chi connectivity index (χ1) is 10.8. The normalized spacial score (nSPS) is 11.0. The molecule has 2 aromatic carbocycles. The lowest BCUT2D eigenvalue weighted by atomic mass is 9.93. The van der Waals surface area contributed by atoms with E-state index < -0.39 is 5.54 Å². The van der Waals surface area contributed by atoms with E-state index in [1.165, 1.54) is 13.0 Å². The van der Waals surface area contributed by atoms with Crippen LogP contribution >= 0.6 is 0 Å². The second-order valence-electron chi connectivity index (χ2n) is 5.82. The molecule has 0 saturated carbocycles. The summed E-state index contributed by atoms with van der Waals surface area (Å²) in [6.07, 6.45) is 0. The SMILES string of the molecule is CC(=O)Nc1ccc(C(=O)NC(C)(C)c2ccccc2F)cc1. The van der Waals surface area contributed by atoms with Crippen LogP contribution in [-0.2, 0) is 10.3 Å². The topological polar surface area (TPSA) is 58.2 Å². The number of hydrogen-bond acceptors (Lipinski definition) is 2. The van der Waals surface area contributed by atoms with Gasteiger partial charge in [-0.25, -0.2) is 4.39 Å². The molecule has 2 amide bonds. The summed E-state index contributed by atoms with van der Waals surface area (Å²) in [6.45, 7) is 4.90. The second-order valence-corrected chi connectivity index (χ2v) is 5.82. The van der Waals surface area contributed by atoms with Crippen molar-refractivity contribution >= 4 is 17.5 Å². The predicted octanol–water partition coefficient (Wildman–Crippen LogP) is 3.45. The highest BCUT2D eigenvalue weighted by Gasteiger charge is 2.26. The van der Waals surface area contributed by atoms with E-state index >= 15 is 0 Å². The minimum absolute atomic E-state index is 0.178. The van der Waals surface area contributed by atoms with E-state index in [-0.39, 0.29) is 17.6 Å². The van der Waals surface area contributed by atoms with Crippen LogP contribution in [0.25, 0.3) is 0 Å². The van der Waals surface area contributed by atoms with Gasteiger partial charge in [0.2, 0.25) is 5.91 Å². The Morgan fingerprint density at radius 2 is 1.61 bits per heavy atom. The summed E-state index contributed by atoms with van der Waals surface area (Å²) in [5, 5.41) is 5.46. The Bertz CT molecular complexity index is 724. The van der Waals surface area contributed by atoms with Gasteiger partial charge in [0.1, 0.15) is 5.82 Å². The molecule has 23 heavy (non-hydrogen) atoms. The summed E-state index contributed by atoms with van der Waals surface area (Å²) in [7, 11) is 0. The highest BCUT2D eigenvalue weighted by Crippen LogP contribution is 2.23. The van der Waals surface area contributed by atoms with Crippen molar-refractivity contribution < 1.29 is 14.0 Å². The molecule has 0 aliphatic heterocycles. The molecule has 0 heterocycles. The number of hydrogen-bond donors (Lipinski definition) is 2. The molecule has 0 saturated heterocycles. The van der Waals surface area contributed by atoms with Crippen LogP contribution < -0.4 is 10.6 Å². The zero-order chi connectivity index (χ0) is 17.0. The first kappa shape index (κ1) is 16.7. The van der Waals surface area contributed by atoms with Gasteiger partial charge in [-0.1, -0.05) is 18.2 Å². The fourth-order valence-electron chi connectivity index (χ4n) is 2.30. The van der Waals surface area contributed by atoms with Crippen molar-refractivity contribution in [3.8, 4) is 0 Å². The number of nitrogens with one attached hydrogen (secondary N) is 2. The van der Waals surface area contributed by atoms with E-state index in [2.05, 4.69) is 10.6 Å². The van der Waals surface area contributed by atoms with Crippen molar-refractivity contribution in [2.24, 2.45) is 0 Å². The van der Waals surface area contributed by atoms with Crippen molar-refractivity contribution in [3.63, 3.8) is 0 Å². The molecule has 5 heteroatoms. The Morgan fingerprint density at radius 1 is 1.00 bits per heavy atom. The number of rotatable bonds is 4. The van der Waals surface area contributed by atoms with Gasteiger partial charge in [0.15, 0.2) is 0 Å². The Balaban J connectivity index is 2.15. The number of halogens is 1. The average molecular weight is 314 g/mol. The molecule has 0 bridgehead atoms. The average Bonchev–Trinajstić information content (AvgIpc) is 2.47. The fourth-order valence-corrected chi connectivity index (χ4v) is 2.30. The van der Waals surface area contributed by atoms with Crippen LogP contribution in [0.3, 0.4) is 0 Å². The number of anilines is 1. The summed E-state index contributed by atoms with van der Waals surface area (Å²) < 4.78 is 13.9. The smallest absolute Gasteiger partial charge is 0.251 e. The molecule has 0 unspecified atom stereocenters. The number of carbonyl (C=O) groups excluding carboxylic acids is 2. The standard InChI is InChI=1S/C18H19FN2O2/c1-12(22)20-14-10-8-13(9-11-14)17(23)21-18(2,3)15-6-4-5-7-16(15)19/h4-11H,1-3H3,(H,20,22)(H,21,23). The molecule has 2 N–H and O–H groups in total. The molecular formula is C18H19FN2O2. The summed E-state index contributed by atoms with van der Waals surface area (Å²) >= 11 is 0. The number of benzene rings is 2. The van der Waals surface area contributed by atoms with Crippen LogP contribution in [0, 0.1) is 5.82 Å². The minimum Gasteiger partial charge on any atom is -0.343 e. The van der Waals surface area contributed by atoms with Gasteiger partial charge in [0.05, 0.1) is 5.54 Å². The van der Waals surface area contributed by atoms with Crippen LogP contribution in [-0.4, -0.2) is 11.8 Å². The molecule has 4 nitrogen and oxygen atoms in total. The first-order valence-electron chi connectivity index (χ1n) is 7.25. The van der Waals surface area contributed by atoms with Crippen LogP contribution in [0.2, 0.25) is 0 Å². The zero-order valence-corrected chi connectivity index (χ0v) is 13.3. The molecule has 0 aliphatic rings. The Morgan fingerprint density at radius 3 is 2.17 bits per heavy atom. The van der Waals surface area contributed by atoms with Gasteiger partial charge in [0, 0.05) is 23.7 Å². The van der Waals surface area contributed by atoms with E-state index in [9.17, 15) is 14.0 Å². The predicted molar refractivity (Wildman–Crippen MR) is 87.6 cm³/mol. The summed E-state index contributed by atoms with van der Waals surface area (Å²) in [4.78, 5) is 23.3. The van der Waals surface area contributed by atoms with Gasteiger partial charge in [-0.05, 0) is 44.2 Å². The van der Waals surface area contributed by atoms with Crippen LogP contribution in [0.4, 0.5) is 10.1 Å². The molecule has 120 valence electrons. The minimum atomic E-state index is -0.848. The molecule has 0 spiro atoms. The third kappa shape index (κ3) is 4.16. The lowest BCUT2D eigenvalue weighted by molar-refractivity contribution is -0.114. The van der Waals surface area contributed by atoms with Crippen LogP contribution in [0.1, 0.15) is 36.7 Å². The second kappa shape index (κ2) is 6.60. The van der Waals surface area contributed by atoms with Crippen molar-refractivity contribution in [3.05, 3.63) is 65.5 Å².